The van der Waals surface area contributed by atoms with Gasteiger partial charge in [-0.3, -0.25) is 0 Å². The Hall–Kier alpha value is -1.90. The van der Waals surface area contributed by atoms with Crippen LogP contribution in [0, 0.1) is 6.92 Å². The van der Waals surface area contributed by atoms with E-state index in [1.165, 1.54) is 0 Å². The van der Waals surface area contributed by atoms with Crippen molar-refractivity contribution in [2.45, 2.75) is 76.5 Å². The Morgan fingerprint density at radius 2 is 1.94 bits per heavy atom. The largest absolute Gasteiger partial charge is 0.543 e. The Balaban J connectivity index is 1.86. The molecular formula is C24H34N4O2SSi. The number of rotatable bonds is 5. The van der Waals surface area contributed by atoms with E-state index >= 15 is 0 Å². The fourth-order valence-corrected chi connectivity index (χ4v) is 5.16. The monoisotopic (exact) mass is 470 g/mol. The fourth-order valence-electron chi connectivity index (χ4n) is 3.71. The average molecular weight is 471 g/mol. The van der Waals surface area contributed by atoms with Gasteiger partial charge in [-0.2, -0.15) is 5.10 Å². The summed E-state index contributed by atoms with van der Waals surface area (Å²) in [5.41, 5.74) is 3.68. The molecule has 0 amide bonds. The number of aryl methyl sites for hydroxylation is 1. The van der Waals surface area contributed by atoms with E-state index in [1.54, 1.807) is 11.8 Å². The van der Waals surface area contributed by atoms with Crippen molar-refractivity contribution in [2.24, 2.45) is 0 Å². The van der Waals surface area contributed by atoms with E-state index in [0.29, 0.717) is 0 Å². The van der Waals surface area contributed by atoms with Crippen LogP contribution in [0.3, 0.4) is 0 Å². The first-order valence-corrected chi connectivity index (χ1v) is 15.5. The molecular weight excluding hydrogens is 436 g/mol. The number of aromatic nitrogens is 4. The van der Waals surface area contributed by atoms with Crippen molar-refractivity contribution in [1.82, 2.24) is 19.7 Å². The van der Waals surface area contributed by atoms with Crippen LogP contribution < -0.4 is 4.43 Å². The van der Waals surface area contributed by atoms with Crippen LogP contribution in [0.5, 0.6) is 5.75 Å². The zero-order valence-electron chi connectivity index (χ0n) is 20.2. The quantitative estimate of drug-likeness (QED) is 0.238. The molecule has 0 bridgehead atoms. The van der Waals surface area contributed by atoms with Crippen LogP contribution in [0.2, 0.25) is 18.1 Å². The van der Waals surface area contributed by atoms with E-state index in [-0.39, 0.29) is 11.3 Å². The van der Waals surface area contributed by atoms with Crippen LogP contribution in [0.4, 0.5) is 0 Å². The molecule has 1 fully saturated rings. The van der Waals surface area contributed by atoms with Gasteiger partial charge in [-0.05, 0) is 74.8 Å². The summed E-state index contributed by atoms with van der Waals surface area (Å²) in [4.78, 5) is 9.30. The molecule has 0 saturated carbocycles. The minimum Gasteiger partial charge on any atom is -0.543 e. The van der Waals surface area contributed by atoms with Gasteiger partial charge in [-0.15, -0.1) is 0 Å². The van der Waals surface area contributed by atoms with Gasteiger partial charge < -0.3 is 9.16 Å². The first-order valence-electron chi connectivity index (χ1n) is 11.3. The highest BCUT2D eigenvalue weighted by atomic mass is 32.2. The van der Waals surface area contributed by atoms with E-state index in [9.17, 15) is 0 Å². The second kappa shape index (κ2) is 8.80. The second-order valence-electron chi connectivity index (χ2n) is 10.0. The van der Waals surface area contributed by atoms with Gasteiger partial charge in [0.2, 0.25) is 8.32 Å². The molecule has 3 heterocycles. The highest BCUT2D eigenvalue weighted by molar-refractivity contribution is 7.98. The van der Waals surface area contributed by atoms with E-state index < -0.39 is 8.32 Å². The predicted molar refractivity (Wildman–Crippen MR) is 134 cm³/mol. The molecule has 0 spiro atoms. The third kappa shape index (κ3) is 4.58. The molecule has 8 heteroatoms. The van der Waals surface area contributed by atoms with E-state index in [1.807, 2.05) is 23.9 Å². The minimum atomic E-state index is -1.96. The van der Waals surface area contributed by atoms with Crippen molar-refractivity contribution in [3.8, 4) is 17.1 Å². The molecule has 32 heavy (non-hydrogen) atoms. The number of benzene rings is 1. The Morgan fingerprint density at radius 1 is 1.16 bits per heavy atom. The van der Waals surface area contributed by atoms with Crippen molar-refractivity contribution in [1.29, 1.82) is 0 Å². The molecule has 1 atom stereocenters. The number of hydrogen-bond acceptors (Lipinski definition) is 6. The third-order valence-electron chi connectivity index (χ3n) is 6.54. The van der Waals surface area contributed by atoms with Crippen LogP contribution in [-0.2, 0) is 4.74 Å². The molecule has 1 aliphatic rings. The van der Waals surface area contributed by atoms with Crippen LogP contribution in [-0.4, -0.2) is 40.9 Å². The van der Waals surface area contributed by atoms with E-state index in [4.69, 9.17) is 19.2 Å². The van der Waals surface area contributed by atoms with Crippen molar-refractivity contribution < 1.29 is 9.16 Å². The van der Waals surface area contributed by atoms with E-state index in [2.05, 4.69) is 57.0 Å². The highest BCUT2D eigenvalue weighted by Gasteiger charge is 2.39. The standard InChI is InChI=1S/C24H34N4O2SSi/c1-16-14-19(26-23(25-16)31-5)22-18-15-17(30-32(6,7)24(2,3)4)11-12-20(18)28(27-22)21-10-8-9-13-29-21/h11-12,14-15,21H,8-10,13H2,1-7H3. The lowest BCUT2D eigenvalue weighted by atomic mass is 10.1. The van der Waals surface area contributed by atoms with Gasteiger partial charge in [0.05, 0.1) is 11.2 Å². The van der Waals surface area contributed by atoms with Crippen LogP contribution in [0.1, 0.15) is 52.0 Å². The first-order chi connectivity index (χ1) is 15.1. The van der Waals surface area contributed by atoms with Crippen molar-refractivity contribution in [3.05, 3.63) is 30.0 Å². The minimum absolute atomic E-state index is 0.0462. The smallest absolute Gasteiger partial charge is 0.250 e. The first kappa shape index (κ1) is 23.3. The Kier molecular flexibility index (Phi) is 6.40. The molecule has 0 aliphatic carbocycles. The summed E-state index contributed by atoms with van der Waals surface area (Å²) >= 11 is 1.55. The summed E-state index contributed by atoms with van der Waals surface area (Å²) in [5, 5.41) is 6.96. The van der Waals surface area contributed by atoms with Gasteiger partial charge in [0.25, 0.3) is 0 Å². The van der Waals surface area contributed by atoms with Gasteiger partial charge in [-0.25, -0.2) is 14.6 Å². The topological polar surface area (TPSA) is 62.1 Å². The van der Waals surface area contributed by atoms with Crippen molar-refractivity contribution in [3.63, 3.8) is 0 Å². The Morgan fingerprint density at radius 3 is 2.59 bits per heavy atom. The normalized spacial score (nSPS) is 17.7. The summed E-state index contributed by atoms with van der Waals surface area (Å²) in [6.45, 7) is 14.1. The molecule has 1 aliphatic heterocycles. The molecule has 3 aromatic rings. The maximum Gasteiger partial charge on any atom is 0.250 e. The summed E-state index contributed by atoms with van der Waals surface area (Å²) in [6.07, 6.45) is 5.18. The van der Waals surface area contributed by atoms with Gasteiger partial charge in [0, 0.05) is 17.7 Å². The number of nitrogens with zero attached hydrogens (tertiary/aromatic N) is 4. The lowest BCUT2D eigenvalue weighted by Crippen LogP contribution is -2.43. The maximum absolute atomic E-state index is 6.62. The van der Waals surface area contributed by atoms with Crippen LogP contribution in [0.15, 0.2) is 29.4 Å². The number of thioether (sulfide) groups is 1. The number of hydrogen-bond donors (Lipinski definition) is 0. The van der Waals surface area contributed by atoms with Crippen LogP contribution >= 0.6 is 11.8 Å². The SMILES string of the molecule is CSc1nc(C)cc(-c2nn(C3CCCCO3)c3ccc(O[Si](C)(C)C(C)(C)C)cc23)n1. The van der Waals surface area contributed by atoms with Crippen LogP contribution in [0.25, 0.3) is 22.3 Å². The lowest BCUT2D eigenvalue weighted by Gasteiger charge is -2.36. The number of ether oxygens (including phenoxy) is 1. The highest BCUT2D eigenvalue weighted by Crippen LogP contribution is 2.39. The average Bonchev–Trinajstić information content (AvgIpc) is 3.11. The van der Waals surface area contributed by atoms with Gasteiger partial charge in [-0.1, -0.05) is 32.5 Å². The molecule has 1 unspecified atom stereocenters. The molecule has 0 radical (unpaired) electrons. The zero-order valence-corrected chi connectivity index (χ0v) is 22.0. The molecule has 172 valence electrons. The number of fused-ring (bicyclic) bond motifs is 1. The summed E-state index contributed by atoms with van der Waals surface area (Å²) < 4.78 is 14.7. The molecule has 1 saturated heterocycles. The van der Waals surface area contributed by atoms with Crippen molar-refractivity contribution in [2.75, 3.05) is 12.9 Å². The Labute approximate surface area is 196 Å². The summed E-state index contributed by atoms with van der Waals surface area (Å²) in [7, 11) is -1.96. The predicted octanol–water partition coefficient (Wildman–Crippen LogP) is 6.61. The summed E-state index contributed by atoms with van der Waals surface area (Å²) in [6, 6.07) is 8.34. The lowest BCUT2D eigenvalue weighted by molar-refractivity contribution is -0.0365. The molecule has 6 nitrogen and oxygen atoms in total. The van der Waals surface area contributed by atoms with Gasteiger partial charge >= 0.3 is 0 Å². The fraction of sp³-hybridized carbons (Fsp3) is 0.542. The summed E-state index contributed by atoms with van der Waals surface area (Å²) in [5.74, 6) is 0.894. The molecule has 2 aromatic heterocycles. The Bertz CT molecular complexity index is 1120. The molecule has 0 N–H and O–H groups in total. The van der Waals surface area contributed by atoms with Crippen molar-refractivity contribution >= 4 is 31.0 Å². The van der Waals surface area contributed by atoms with E-state index in [0.717, 1.165) is 64.8 Å². The molecule has 1 aromatic carbocycles. The van der Waals surface area contributed by atoms with Gasteiger partial charge in [0.1, 0.15) is 11.4 Å². The maximum atomic E-state index is 6.62. The second-order valence-corrected chi connectivity index (χ2v) is 15.5. The zero-order chi connectivity index (χ0) is 23.1. The molecule has 4 rings (SSSR count). The third-order valence-corrected chi connectivity index (χ3v) is 11.5. The van der Waals surface area contributed by atoms with Gasteiger partial charge in [0.15, 0.2) is 11.4 Å².